The molecule has 15 heteroatoms. The van der Waals surface area contributed by atoms with Gasteiger partial charge in [-0.1, -0.05) is 30.3 Å². The van der Waals surface area contributed by atoms with Gasteiger partial charge in [0, 0.05) is 31.1 Å². The van der Waals surface area contributed by atoms with E-state index in [1.165, 1.54) is 6.92 Å². The molecule has 5 atom stereocenters. The van der Waals surface area contributed by atoms with E-state index in [4.69, 9.17) is 5.73 Å². The molecule has 0 aromatic heterocycles. The van der Waals surface area contributed by atoms with Crippen LogP contribution in [0.3, 0.4) is 0 Å². The van der Waals surface area contributed by atoms with Crippen molar-refractivity contribution in [2.75, 3.05) is 6.54 Å². The summed E-state index contributed by atoms with van der Waals surface area (Å²) in [6, 6.07) is 4.20. The summed E-state index contributed by atoms with van der Waals surface area (Å²) in [7, 11) is 0. The first-order chi connectivity index (χ1) is 18.8. The van der Waals surface area contributed by atoms with Gasteiger partial charge in [0.1, 0.15) is 5.82 Å². The van der Waals surface area contributed by atoms with Crippen LogP contribution in [0.5, 0.6) is 0 Å². The van der Waals surface area contributed by atoms with E-state index in [1.807, 2.05) is 0 Å². The number of rotatable bonds is 12. The number of nitrogens with two attached hydrogens (primary N) is 1. The third-order valence-electron chi connectivity index (χ3n) is 6.63. The molecule has 3 rings (SSSR count). The Hall–Kier alpha value is -2.78. The summed E-state index contributed by atoms with van der Waals surface area (Å²) >= 11 is 0. The van der Waals surface area contributed by atoms with Crippen molar-refractivity contribution in [3.8, 4) is 0 Å². The van der Waals surface area contributed by atoms with Crippen LogP contribution in [0.4, 0.5) is 13.2 Å². The van der Waals surface area contributed by atoms with Crippen molar-refractivity contribution in [1.29, 1.82) is 0 Å². The fourth-order valence-corrected chi connectivity index (χ4v) is 4.69. The van der Waals surface area contributed by atoms with Crippen molar-refractivity contribution in [3.05, 3.63) is 71.0 Å². The zero-order chi connectivity index (χ0) is 29.6. The third-order valence-corrected chi connectivity index (χ3v) is 6.63. The predicted octanol–water partition coefficient (Wildman–Crippen LogP) is -7.45. The zero-order valence-corrected chi connectivity index (χ0v) is 23.6. The molecule has 1 aliphatic heterocycles. The number of amides is 2. The summed E-state index contributed by atoms with van der Waals surface area (Å²) < 4.78 is 40.4. The van der Waals surface area contributed by atoms with E-state index in [-0.39, 0.29) is 75.5 Å². The van der Waals surface area contributed by atoms with E-state index < -0.39 is 71.4 Å². The van der Waals surface area contributed by atoms with Crippen LogP contribution in [0.2, 0.25) is 0 Å². The number of carboxylic acids is 2. The summed E-state index contributed by atoms with van der Waals surface area (Å²) in [6.45, 7) is 1.19. The van der Waals surface area contributed by atoms with Crippen LogP contribution in [0.25, 0.3) is 0 Å². The van der Waals surface area contributed by atoms with E-state index in [0.717, 1.165) is 4.90 Å². The molecular formula is C27H29F3Li2N4O6. The molecule has 0 saturated carbocycles. The number of hydrogen-bond donors (Lipinski definition) is 3. The summed E-state index contributed by atoms with van der Waals surface area (Å²) in [5, 5.41) is 28.7. The SMILES string of the molecule is C[C@H](N[C@@H](Cc1ccccc1)C(=O)[O-])C(=O)N1C[C@@H](NC(=O)C[C@H](N)Cc2cc(F)c(F)cc2F)C[C@H]1C(=O)[O-].[Li+].[Li+]. The monoisotopic (exact) mass is 576 g/mol. The molecule has 1 aliphatic rings. The Kier molecular flexibility index (Phi) is 14.9. The number of nitrogens with one attached hydrogen (secondary N) is 2. The zero-order valence-electron chi connectivity index (χ0n) is 23.6. The Morgan fingerprint density at radius 1 is 1.00 bits per heavy atom. The van der Waals surface area contributed by atoms with Gasteiger partial charge in [0.15, 0.2) is 11.6 Å². The van der Waals surface area contributed by atoms with E-state index >= 15 is 0 Å². The van der Waals surface area contributed by atoms with Gasteiger partial charge in [-0.3, -0.25) is 14.9 Å². The van der Waals surface area contributed by atoms with Crippen LogP contribution in [-0.2, 0) is 32.0 Å². The Balaban J connectivity index is 0.00000441. The van der Waals surface area contributed by atoms with Crippen LogP contribution in [0.15, 0.2) is 42.5 Å². The van der Waals surface area contributed by atoms with Gasteiger partial charge in [-0.25, -0.2) is 13.2 Å². The van der Waals surface area contributed by atoms with Crippen LogP contribution >= 0.6 is 0 Å². The molecule has 1 fully saturated rings. The predicted molar refractivity (Wildman–Crippen MR) is 131 cm³/mol. The molecule has 2 aromatic rings. The standard InChI is InChI=1S/C27H31F3N4O6.2Li/c1-14(32-22(26(37)38)7-15-5-3-2-4-6-15)25(36)34-13-18(11-23(34)27(39)40)33-24(35)10-17(31)8-16-9-20(29)21(30)12-19(16)28;;/h2-6,9,12,14,17-18,22-23,32H,7-8,10-11,13,31H2,1H3,(H,33,35)(H,37,38)(H,39,40);;/q;2*+1/p-2/t14-,17+,18-,22-,23-;;/m0../s1. The number of carboxylic acid groups (broad SMARTS) is 2. The number of halogens is 3. The van der Waals surface area contributed by atoms with E-state index in [9.17, 15) is 42.6 Å². The molecule has 42 heavy (non-hydrogen) atoms. The minimum absolute atomic E-state index is 0. The molecular weight excluding hydrogens is 547 g/mol. The molecule has 0 spiro atoms. The van der Waals surface area contributed by atoms with Crippen molar-refractivity contribution in [1.82, 2.24) is 15.5 Å². The molecule has 4 N–H and O–H groups in total. The summed E-state index contributed by atoms with van der Waals surface area (Å²) in [6.07, 6.45) is -0.756. The second kappa shape index (κ2) is 16.8. The van der Waals surface area contributed by atoms with Crippen molar-refractivity contribution in [2.24, 2.45) is 5.73 Å². The number of nitrogens with zero attached hydrogens (tertiary/aromatic N) is 1. The van der Waals surface area contributed by atoms with Crippen molar-refractivity contribution in [2.45, 2.75) is 62.8 Å². The van der Waals surface area contributed by atoms with E-state index in [1.54, 1.807) is 30.3 Å². The molecule has 1 saturated heterocycles. The fraction of sp³-hybridized carbons (Fsp3) is 0.407. The van der Waals surface area contributed by atoms with E-state index in [0.29, 0.717) is 17.7 Å². The molecule has 0 bridgehead atoms. The molecule has 10 nitrogen and oxygen atoms in total. The summed E-state index contributed by atoms with van der Waals surface area (Å²) in [5.74, 6) is -7.95. The average Bonchev–Trinajstić information content (AvgIpc) is 3.30. The van der Waals surface area contributed by atoms with Gasteiger partial charge >= 0.3 is 37.7 Å². The van der Waals surface area contributed by atoms with Crippen LogP contribution in [0.1, 0.15) is 30.9 Å². The van der Waals surface area contributed by atoms with Gasteiger partial charge in [-0.15, -0.1) is 0 Å². The number of carbonyl (C=O) groups is 4. The largest absolute Gasteiger partial charge is 1.00 e. The van der Waals surface area contributed by atoms with Crippen LogP contribution in [-0.4, -0.2) is 65.4 Å². The van der Waals surface area contributed by atoms with Gasteiger partial charge in [-0.05, 0) is 43.4 Å². The minimum atomic E-state index is -1.55. The molecule has 2 aromatic carbocycles. The Bertz CT molecular complexity index is 1260. The first-order valence-corrected chi connectivity index (χ1v) is 12.6. The number of hydrogen-bond acceptors (Lipinski definition) is 8. The van der Waals surface area contributed by atoms with Crippen LogP contribution in [0, 0.1) is 17.5 Å². The first kappa shape index (κ1) is 37.3. The second-order valence-corrected chi connectivity index (χ2v) is 9.80. The summed E-state index contributed by atoms with van der Waals surface area (Å²) in [4.78, 5) is 50.0. The van der Waals surface area contributed by atoms with Gasteiger partial charge in [-0.2, -0.15) is 0 Å². The Labute approximate surface area is 264 Å². The van der Waals surface area contributed by atoms with Gasteiger partial charge in [0.05, 0.1) is 30.1 Å². The molecule has 0 radical (unpaired) electrons. The number of carbonyl (C=O) groups excluding carboxylic acids is 4. The molecule has 0 aliphatic carbocycles. The molecule has 0 unspecified atom stereocenters. The minimum Gasteiger partial charge on any atom is -0.548 e. The van der Waals surface area contributed by atoms with Crippen molar-refractivity contribution >= 4 is 23.8 Å². The summed E-state index contributed by atoms with van der Waals surface area (Å²) in [5.41, 5.74) is 6.36. The average molecular weight is 576 g/mol. The topological polar surface area (TPSA) is 168 Å². The van der Waals surface area contributed by atoms with Crippen LogP contribution < -0.4 is 64.3 Å². The quantitative estimate of drug-likeness (QED) is 0.166. The normalized spacial score (nSPS) is 18.2. The van der Waals surface area contributed by atoms with E-state index in [2.05, 4.69) is 10.6 Å². The number of aliphatic carboxylic acids is 2. The maximum Gasteiger partial charge on any atom is 1.00 e. The molecule has 2 amide bonds. The Morgan fingerprint density at radius 3 is 2.21 bits per heavy atom. The van der Waals surface area contributed by atoms with Gasteiger partial charge < -0.3 is 35.8 Å². The number of benzene rings is 2. The smallest absolute Gasteiger partial charge is 0.548 e. The maximum atomic E-state index is 13.9. The maximum absolute atomic E-state index is 13.9. The van der Waals surface area contributed by atoms with Gasteiger partial charge in [0.25, 0.3) is 0 Å². The van der Waals surface area contributed by atoms with Crippen molar-refractivity contribution < 1.29 is 80.3 Å². The van der Waals surface area contributed by atoms with Crippen molar-refractivity contribution in [3.63, 3.8) is 0 Å². The first-order valence-electron chi connectivity index (χ1n) is 12.6. The van der Waals surface area contributed by atoms with Gasteiger partial charge in [0.2, 0.25) is 11.8 Å². The fourth-order valence-electron chi connectivity index (χ4n) is 4.69. The molecule has 1 heterocycles. The number of likely N-dealkylation sites (tertiary alicyclic amines) is 1. The second-order valence-electron chi connectivity index (χ2n) is 9.80. The Morgan fingerprint density at radius 2 is 1.62 bits per heavy atom. The third kappa shape index (κ3) is 10.2. The molecule has 216 valence electrons.